The van der Waals surface area contributed by atoms with E-state index in [9.17, 15) is 9.59 Å². The Bertz CT molecular complexity index is 800. The predicted octanol–water partition coefficient (Wildman–Crippen LogP) is 3.09. The Hall–Kier alpha value is -2.58. The van der Waals surface area contributed by atoms with Crippen LogP contribution in [0.15, 0.2) is 40.9 Å². The number of methoxy groups -OCH3 is 3. The first-order valence-electron chi connectivity index (χ1n) is 8.10. The third kappa shape index (κ3) is 5.21. The van der Waals surface area contributed by atoms with Crippen LogP contribution in [0, 0.1) is 0 Å². The van der Waals surface area contributed by atoms with Crippen LogP contribution < -0.4 is 20.1 Å². The minimum atomic E-state index is -0.392. The van der Waals surface area contributed by atoms with Gasteiger partial charge in [-0.15, -0.1) is 0 Å². The van der Waals surface area contributed by atoms with Crippen molar-refractivity contribution < 1.29 is 23.8 Å². The van der Waals surface area contributed by atoms with Crippen molar-refractivity contribution in [2.24, 2.45) is 0 Å². The fourth-order valence-electron chi connectivity index (χ4n) is 2.35. The second kappa shape index (κ2) is 9.94. The second-order valence-electron chi connectivity index (χ2n) is 5.44. The van der Waals surface area contributed by atoms with Crippen molar-refractivity contribution in [1.29, 1.82) is 0 Å². The summed E-state index contributed by atoms with van der Waals surface area (Å²) in [4.78, 5) is 25.0. The van der Waals surface area contributed by atoms with Crippen LogP contribution in [-0.2, 0) is 4.74 Å². The number of carbonyl (C=O) groups is 2. The van der Waals surface area contributed by atoms with E-state index in [1.807, 2.05) is 0 Å². The Morgan fingerprint density at radius 2 is 1.63 bits per heavy atom. The molecular formula is C19H21BrN2O5. The Morgan fingerprint density at radius 3 is 2.22 bits per heavy atom. The SMILES string of the molecule is COCCNC(=O)c1ccccc1NC(=O)c1cc(OC)c(Br)c(OC)c1. The maximum atomic E-state index is 12.7. The molecule has 2 N–H and O–H groups in total. The van der Waals surface area contributed by atoms with Gasteiger partial charge in [0.05, 0.1) is 32.1 Å². The first kappa shape index (κ1) is 20.7. The molecule has 144 valence electrons. The van der Waals surface area contributed by atoms with E-state index in [2.05, 4.69) is 26.6 Å². The summed E-state index contributed by atoms with van der Waals surface area (Å²) in [7, 11) is 4.56. The number of halogens is 1. The van der Waals surface area contributed by atoms with E-state index in [1.165, 1.54) is 14.2 Å². The van der Waals surface area contributed by atoms with E-state index in [-0.39, 0.29) is 5.91 Å². The summed E-state index contributed by atoms with van der Waals surface area (Å²) in [6, 6.07) is 9.94. The number of nitrogens with one attached hydrogen (secondary N) is 2. The molecule has 0 spiro atoms. The molecule has 0 bridgehead atoms. The average Bonchev–Trinajstić information content (AvgIpc) is 2.68. The normalized spacial score (nSPS) is 10.2. The monoisotopic (exact) mass is 436 g/mol. The molecule has 0 atom stereocenters. The highest BCUT2D eigenvalue weighted by Crippen LogP contribution is 2.35. The number of anilines is 1. The summed E-state index contributed by atoms with van der Waals surface area (Å²) < 4.78 is 16.1. The zero-order valence-corrected chi connectivity index (χ0v) is 16.9. The lowest BCUT2D eigenvalue weighted by Crippen LogP contribution is -2.28. The van der Waals surface area contributed by atoms with Crippen LogP contribution in [0.4, 0.5) is 5.69 Å². The number of amides is 2. The number of rotatable bonds is 8. The number of carbonyl (C=O) groups excluding carboxylic acids is 2. The summed E-state index contributed by atoms with van der Waals surface area (Å²) in [5.41, 5.74) is 1.10. The maximum Gasteiger partial charge on any atom is 0.255 e. The number of hydrogen-bond acceptors (Lipinski definition) is 5. The largest absolute Gasteiger partial charge is 0.495 e. The van der Waals surface area contributed by atoms with Crippen LogP contribution in [0.1, 0.15) is 20.7 Å². The molecule has 0 aliphatic carbocycles. The molecule has 0 unspecified atom stereocenters. The highest BCUT2D eigenvalue weighted by Gasteiger charge is 2.17. The van der Waals surface area contributed by atoms with Crippen LogP contribution in [0.25, 0.3) is 0 Å². The molecule has 0 fully saturated rings. The van der Waals surface area contributed by atoms with Gasteiger partial charge in [-0.1, -0.05) is 12.1 Å². The van der Waals surface area contributed by atoms with E-state index in [1.54, 1.807) is 43.5 Å². The number of hydrogen-bond donors (Lipinski definition) is 2. The van der Waals surface area contributed by atoms with Gasteiger partial charge in [-0.2, -0.15) is 0 Å². The summed E-state index contributed by atoms with van der Waals surface area (Å²) in [6.45, 7) is 0.775. The van der Waals surface area contributed by atoms with Crippen LogP contribution in [0.5, 0.6) is 11.5 Å². The number of benzene rings is 2. The fourth-order valence-corrected chi connectivity index (χ4v) is 2.90. The minimum absolute atomic E-state index is 0.297. The van der Waals surface area contributed by atoms with Crippen molar-refractivity contribution in [3.05, 3.63) is 52.0 Å². The van der Waals surface area contributed by atoms with E-state index in [0.29, 0.717) is 45.9 Å². The lowest BCUT2D eigenvalue weighted by Gasteiger charge is -2.13. The van der Waals surface area contributed by atoms with Gasteiger partial charge in [-0.05, 0) is 40.2 Å². The van der Waals surface area contributed by atoms with Crippen LogP contribution in [0.2, 0.25) is 0 Å². The molecule has 7 nitrogen and oxygen atoms in total. The van der Waals surface area contributed by atoms with Crippen molar-refractivity contribution in [2.75, 3.05) is 39.8 Å². The molecule has 2 amide bonds. The summed E-state index contributed by atoms with van der Waals surface area (Å²) in [5, 5.41) is 5.50. The zero-order chi connectivity index (χ0) is 19.8. The van der Waals surface area contributed by atoms with Gasteiger partial charge in [0, 0.05) is 19.2 Å². The predicted molar refractivity (Wildman–Crippen MR) is 106 cm³/mol. The molecule has 2 aromatic rings. The second-order valence-corrected chi connectivity index (χ2v) is 6.24. The zero-order valence-electron chi connectivity index (χ0n) is 15.3. The molecular weight excluding hydrogens is 416 g/mol. The first-order chi connectivity index (χ1) is 13.0. The van der Waals surface area contributed by atoms with Gasteiger partial charge in [0.1, 0.15) is 16.0 Å². The average molecular weight is 437 g/mol. The Labute approximate surface area is 166 Å². The maximum absolute atomic E-state index is 12.7. The van der Waals surface area contributed by atoms with Gasteiger partial charge in [0.15, 0.2) is 0 Å². The molecule has 0 saturated carbocycles. The van der Waals surface area contributed by atoms with Crippen molar-refractivity contribution in [3.63, 3.8) is 0 Å². The Morgan fingerprint density at radius 1 is 1.00 bits per heavy atom. The quantitative estimate of drug-likeness (QED) is 0.620. The smallest absolute Gasteiger partial charge is 0.255 e. The Kier molecular flexibility index (Phi) is 7.63. The topological polar surface area (TPSA) is 85.9 Å². The van der Waals surface area contributed by atoms with Gasteiger partial charge < -0.3 is 24.8 Å². The van der Waals surface area contributed by atoms with Gasteiger partial charge in [-0.3, -0.25) is 9.59 Å². The molecule has 0 aromatic heterocycles. The van der Waals surface area contributed by atoms with Crippen LogP contribution in [0.3, 0.4) is 0 Å². The highest BCUT2D eigenvalue weighted by molar-refractivity contribution is 9.10. The van der Waals surface area contributed by atoms with E-state index in [0.717, 1.165) is 0 Å². The highest BCUT2D eigenvalue weighted by atomic mass is 79.9. The molecule has 2 rings (SSSR count). The molecule has 0 aliphatic heterocycles. The molecule has 0 radical (unpaired) electrons. The minimum Gasteiger partial charge on any atom is -0.495 e. The number of para-hydroxylation sites is 1. The van der Waals surface area contributed by atoms with Crippen molar-refractivity contribution in [1.82, 2.24) is 5.32 Å². The molecule has 0 heterocycles. The third-order valence-corrected chi connectivity index (χ3v) is 4.50. The number of ether oxygens (including phenoxy) is 3. The van der Waals surface area contributed by atoms with Crippen molar-refractivity contribution >= 4 is 33.4 Å². The fraction of sp³-hybridized carbons (Fsp3) is 0.263. The van der Waals surface area contributed by atoms with Gasteiger partial charge in [0.2, 0.25) is 0 Å². The van der Waals surface area contributed by atoms with Gasteiger partial charge >= 0.3 is 0 Å². The van der Waals surface area contributed by atoms with E-state index >= 15 is 0 Å². The van der Waals surface area contributed by atoms with Crippen LogP contribution >= 0.6 is 15.9 Å². The molecule has 0 aliphatic rings. The van der Waals surface area contributed by atoms with Gasteiger partial charge in [0.25, 0.3) is 11.8 Å². The van der Waals surface area contributed by atoms with Crippen LogP contribution in [-0.4, -0.2) is 46.3 Å². The van der Waals surface area contributed by atoms with Crippen molar-refractivity contribution in [3.8, 4) is 11.5 Å². The first-order valence-corrected chi connectivity index (χ1v) is 8.90. The van der Waals surface area contributed by atoms with E-state index < -0.39 is 5.91 Å². The van der Waals surface area contributed by atoms with Gasteiger partial charge in [-0.25, -0.2) is 0 Å². The summed E-state index contributed by atoms with van der Waals surface area (Å²) >= 11 is 3.37. The lowest BCUT2D eigenvalue weighted by molar-refractivity contribution is 0.0938. The molecule has 0 saturated heterocycles. The summed E-state index contributed by atoms with van der Waals surface area (Å²) in [5.74, 6) is 0.236. The molecule has 2 aromatic carbocycles. The summed E-state index contributed by atoms with van der Waals surface area (Å²) in [6.07, 6.45) is 0. The third-order valence-electron chi connectivity index (χ3n) is 3.72. The van der Waals surface area contributed by atoms with Crippen molar-refractivity contribution in [2.45, 2.75) is 0 Å². The molecule has 27 heavy (non-hydrogen) atoms. The Balaban J connectivity index is 2.25. The molecule has 8 heteroatoms. The van der Waals surface area contributed by atoms with E-state index in [4.69, 9.17) is 14.2 Å². The lowest BCUT2D eigenvalue weighted by atomic mass is 10.1. The standard InChI is InChI=1S/C19H21BrN2O5/c1-25-9-8-21-19(24)13-6-4-5-7-14(13)22-18(23)12-10-15(26-2)17(20)16(11-12)27-3/h4-7,10-11H,8-9H2,1-3H3,(H,21,24)(H,22,23).